The highest BCUT2D eigenvalue weighted by Gasteiger charge is 2.21. The van der Waals surface area contributed by atoms with E-state index in [4.69, 9.17) is 22.8 Å². The summed E-state index contributed by atoms with van der Waals surface area (Å²) in [4.78, 5) is 39.6. The molecule has 1 heterocycles. The lowest BCUT2D eigenvalue weighted by atomic mass is 10.2. The number of fused-ring (bicyclic) bond motifs is 1. The highest BCUT2D eigenvalue weighted by molar-refractivity contribution is 7.16. The number of amides is 1. The number of benzene rings is 2. The lowest BCUT2D eigenvalue weighted by Crippen LogP contribution is -2.17. The Morgan fingerprint density at radius 3 is 2.77 bits per heavy atom. The van der Waals surface area contributed by atoms with Gasteiger partial charge in [0.1, 0.15) is 5.56 Å². The van der Waals surface area contributed by atoms with Gasteiger partial charge in [0, 0.05) is 11.1 Å². The van der Waals surface area contributed by atoms with Crippen LogP contribution in [0.1, 0.15) is 27.6 Å². The van der Waals surface area contributed by atoms with E-state index in [1.54, 1.807) is 29.7 Å². The van der Waals surface area contributed by atoms with Gasteiger partial charge in [-0.1, -0.05) is 28.9 Å². The largest absolute Gasteiger partial charge is 0.462 e. The van der Waals surface area contributed by atoms with Gasteiger partial charge in [-0.2, -0.15) is 4.99 Å². The van der Waals surface area contributed by atoms with E-state index in [9.17, 15) is 19.7 Å². The van der Waals surface area contributed by atoms with Crippen LogP contribution in [0.3, 0.4) is 0 Å². The Kier molecular flexibility index (Phi) is 6.30. The summed E-state index contributed by atoms with van der Waals surface area (Å²) in [7, 11) is 0. The highest BCUT2D eigenvalue weighted by Crippen LogP contribution is 2.24. The standard InChI is InChI=1S/C20H14ClN3O5S/c1-3-9-23-16-7-5-12(19(26)29-4-2)10-17(16)30-20(23)22-18(25)14-11-13(21)6-8-15(14)24(27)28/h1,5-8,10-11H,4,9H2,2H3. The number of aromatic nitrogens is 1. The number of terminal acetylenes is 1. The third kappa shape index (κ3) is 4.25. The number of nitro groups is 1. The summed E-state index contributed by atoms with van der Waals surface area (Å²) in [5.41, 5.74) is 0.381. The van der Waals surface area contributed by atoms with Crippen LogP contribution in [0.25, 0.3) is 10.2 Å². The van der Waals surface area contributed by atoms with E-state index in [0.717, 1.165) is 17.4 Å². The number of hydrogen-bond donors (Lipinski definition) is 0. The van der Waals surface area contributed by atoms with Gasteiger partial charge in [0.15, 0.2) is 4.80 Å². The van der Waals surface area contributed by atoms with Crippen molar-refractivity contribution in [3.8, 4) is 12.3 Å². The summed E-state index contributed by atoms with van der Waals surface area (Å²) in [5.74, 6) is 1.19. The molecule has 0 spiro atoms. The van der Waals surface area contributed by atoms with Gasteiger partial charge in [-0.15, -0.1) is 6.42 Å². The van der Waals surface area contributed by atoms with Crippen LogP contribution in [0.2, 0.25) is 5.02 Å². The molecule has 0 saturated carbocycles. The Balaban J connectivity index is 2.16. The first-order valence-corrected chi connectivity index (χ1v) is 9.82. The molecule has 2 aromatic carbocycles. The minimum absolute atomic E-state index is 0.114. The molecule has 0 atom stereocenters. The number of rotatable bonds is 5. The van der Waals surface area contributed by atoms with Crippen molar-refractivity contribution < 1.29 is 19.2 Å². The van der Waals surface area contributed by atoms with Crippen molar-refractivity contribution in [1.82, 2.24) is 4.57 Å². The molecule has 0 unspecified atom stereocenters. The molecule has 3 aromatic rings. The fourth-order valence-electron chi connectivity index (χ4n) is 2.73. The molecule has 0 radical (unpaired) electrons. The average molecular weight is 444 g/mol. The summed E-state index contributed by atoms with van der Waals surface area (Å²) in [6.45, 7) is 2.06. The number of carbonyl (C=O) groups excluding carboxylic acids is 2. The maximum absolute atomic E-state index is 12.7. The second kappa shape index (κ2) is 8.90. The number of nitro benzene ring substituents is 1. The maximum atomic E-state index is 12.7. The zero-order valence-corrected chi connectivity index (χ0v) is 17.2. The molecule has 0 N–H and O–H groups in total. The second-order valence-electron chi connectivity index (χ2n) is 5.91. The number of ether oxygens (including phenoxy) is 1. The molecular weight excluding hydrogens is 430 g/mol. The number of esters is 1. The predicted octanol–water partition coefficient (Wildman–Crippen LogP) is 3.82. The molecule has 8 nitrogen and oxygen atoms in total. The van der Waals surface area contributed by atoms with Gasteiger partial charge in [-0.05, 0) is 37.3 Å². The van der Waals surface area contributed by atoms with Gasteiger partial charge < -0.3 is 9.30 Å². The van der Waals surface area contributed by atoms with Crippen molar-refractivity contribution >= 4 is 50.7 Å². The number of carbonyl (C=O) groups is 2. The zero-order valence-electron chi connectivity index (χ0n) is 15.6. The Bertz CT molecular complexity index is 1290. The summed E-state index contributed by atoms with van der Waals surface area (Å²) in [6, 6.07) is 8.57. The SMILES string of the molecule is C#CCn1c(=NC(=O)c2cc(Cl)ccc2[N+](=O)[O-])sc2cc(C(=O)OCC)ccc21. The number of hydrogen-bond acceptors (Lipinski definition) is 6. The van der Waals surface area contributed by atoms with Crippen LogP contribution in [-0.4, -0.2) is 28.0 Å². The minimum Gasteiger partial charge on any atom is -0.462 e. The second-order valence-corrected chi connectivity index (χ2v) is 7.36. The summed E-state index contributed by atoms with van der Waals surface area (Å²) < 4.78 is 7.27. The van der Waals surface area contributed by atoms with Crippen LogP contribution >= 0.6 is 22.9 Å². The van der Waals surface area contributed by atoms with Crippen molar-refractivity contribution in [1.29, 1.82) is 0 Å². The summed E-state index contributed by atoms with van der Waals surface area (Å²) in [6.07, 6.45) is 5.45. The van der Waals surface area contributed by atoms with E-state index < -0.39 is 22.5 Å². The zero-order chi connectivity index (χ0) is 21.8. The Morgan fingerprint density at radius 2 is 2.10 bits per heavy atom. The van der Waals surface area contributed by atoms with Crippen LogP contribution in [-0.2, 0) is 11.3 Å². The van der Waals surface area contributed by atoms with E-state index in [2.05, 4.69) is 10.9 Å². The molecule has 152 valence electrons. The fraction of sp³-hybridized carbons (Fsp3) is 0.150. The van der Waals surface area contributed by atoms with E-state index in [-0.39, 0.29) is 28.5 Å². The van der Waals surface area contributed by atoms with E-state index in [1.165, 1.54) is 12.1 Å². The molecule has 30 heavy (non-hydrogen) atoms. The quantitative estimate of drug-likeness (QED) is 0.258. The first-order valence-electron chi connectivity index (χ1n) is 8.62. The Labute approximate surface area is 179 Å². The molecule has 0 saturated heterocycles. The third-order valence-electron chi connectivity index (χ3n) is 4.03. The normalized spacial score (nSPS) is 11.3. The smallest absolute Gasteiger partial charge is 0.338 e. The number of nitrogens with zero attached hydrogens (tertiary/aromatic N) is 3. The van der Waals surface area contributed by atoms with Crippen molar-refractivity contribution in [3.05, 3.63) is 67.5 Å². The minimum atomic E-state index is -0.827. The van der Waals surface area contributed by atoms with E-state index in [0.29, 0.717) is 15.8 Å². The third-order valence-corrected chi connectivity index (χ3v) is 5.30. The molecule has 10 heteroatoms. The van der Waals surface area contributed by atoms with Crippen molar-refractivity contribution in [2.45, 2.75) is 13.5 Å². The molecule has 0 bridgehead atoms. The van der Waals surface area contributed by atoms with Gasteiger partial charge in [0.25, 0.3) is 11.6 Å². The van der Waals surface area contributed by atoms with Crippen LogP contribution in [0.5, 0.6) is 0 Å². The van der Waals surface area contributed by atoms with Crippen LogP contribution in [0.4, 0.5) is 5.69 Å². The van der Waals surface area contributed by atoms with Crippen molar-refractivity contribution in [3.63, 3.8) is 0 Å². The summed E-state index contributed by atoms with van der Waals surface area (Å²) in [5, 5.41) is 11.4. The highest BCUT2D eigenvalue weighted by atomic mass is 35.5. The molecule has 0 aliphatic rings. The Morgan fingerprint density at radius 1 is 1.33 bits per heavy atom. The molecule has 0 fully saturated rings. The van der Waals surface area contributed by atoms with Crippen LogP contribution in [0, 0.1) is 22.5 Å². The number of halogens is 1. The first-order chi connectivity index (χ1) is 14.3. The predicted molar refractivity (Wildman–Crippen MR) is 113 cm³/mol. The maximum Gasteiger partial charge on any atom is 0.338 e. The first kappa shape index (κ1) is 21.2. The lowest BCUT2D eigenvalue weighted by molar-refractivity contribution is -0.385. The molecule has 1 aromatic heterocycles. The van der Waals surface area contributed by atoms with Crippen molar-refractivity contribution in [2.75, 3.05) is 6.61 Å². The van der Waals surface area contributed by atoms with E-state index >= 15 is 0 Å². The topological polar surface area (TPSA) is 104 Å². The van der Waals surface area contributed by atoms with Crippen molar-refractivity contribution in [2.24, 2.45) is 4.99 Å². The molecular formula is C20H14ClN3O5S. The van der Waals surface area contributed by atoms with E-state index in [1.807, 2.05) is 0 Å². The van der Waals surface area contributed by atoms with Gasteiger partial charge in [-0.3, -0.25) is 14.9 Å². The van der Waals surface area contributed by atoms with Crippen LogP contribution in [0.15, 0.2) is 41.4 Å². The summed E-state index contributed by atoms with van der Waals surface area (Å²) >= 11 is 7.02. The molecule has 1 amide bonds. The fourth-order valence-corrected chi connectivity index (χ4v) is 3.97. The number of thiazole rings is 1. The molecule has 0 aliphatic carbocycles. The van der Waals surface area contributed by atoms with Gasteiger partial charge in [0.2, 0.25) is 0 Å². The van der Waals surface area contributed by atoms with Gasteiger partial charge in [-0.25, -0.2) is 4.79 Å². The molecule has 3 rings (SSSR count). The molecule has 0 aliphatic heterocycles. The van der Waals surface area contributed by atoms with Gasteiger partial charge in [0.05, 0.1) is 33.9 Å². The van der Waals surface area contributed by atoms with Gasteiger partial charge >= 0.3 is 5.97 Å². The lowest BCUT2D eigenvalue weighted by Gasteiger charge is -2.03. The monoisotopic (exact) mass is 443 g/mol. The Hall–Kier alpha value is -3.48. The average Bonchev–Trinajstić information content (AvgIpc) is 3.04. The van der Waals surface area contributed by atoms with Crippen LogP contribution < -0.4 is 4.80 Å².